The summed E-state index contributed by atoms with van der Waals surface area (Å²) in [5.41, 5.74) is 0.755. The average molecular weight is 265 g/mol. The van der Waals surface area contributed by atoms with Crippen LogP contribution in [0.2, 0.25) is 0 Å². The number of carbonyl (C=O) groups excluding carboxylic acids is 1. The number of amides is 1. The first-order valence-electron chi connectivity index (χ1n) is 6.97. The van der Waals surface area contributed by atoms with Gasteiger partial charge in [-0.25, -0.2) is 0 Å². The Hall–Kier alpha value is -1.36. The van der Waals surface area contributed by atoms with Crippen molar-refractivity contribution in [3.63, 3.8) is 0 Å². The molecule has 1 unspecified atom stereocenters. The molecule has 1 fully saturated rings. The number of carbonyl (C=O) groups is 1. The lowest BCUT2D eigenvalue weighted by Crippen LogP contribution is -2.44. The number of hydrogen-bond donors (Lipinski definition) is 0. The molecule has 19 heavy (non-hydrogen) atoms. The summed E-state index contributed by atoms with van der Waals surface area (Å²) in [5.74, 6) is 0.360. The van der Waals surface area contributed by atoms with E-state index in [4.69, 9.17) is 4.52 Å². The molecule has 1 aromatic rings. The second-order valence-electron chi connectivity index (χ2n) is 5.57. The lowest BCUT2D eigenvalue weighted by Gasteiger charge is -2.35. The van der Waals surface area contributed by atoms with E-state index in [0.717, 1.165) is 38.0 Å². The van der Waals surface area contributed by atoms with Crippen LogP contribution < -0.4 is 0 Å². The summed E-state index contributed by atoms with van der Waals surface area (Å²) >= 11 is 0. The number of aryl methyl sites for hydroxylation is 1. The van der Waals surface area contributed by atoms with Crippen molar-refractivity contribution in [2.75, 3.05) is 27.2 Å². The predicted molar refractivity (Wildman–Crippen MR) is 73.1 cm³/mol. The summed E-state index contributed by atoms with van der Waals surface area (Å²) in [6.07, 6.45) is 4.40. The van der Waals surface area contributed by atoms with Crippen LogP contribution in [0.4, 0.5) is 0 Å². The van der Waals surface area contributed by atoms with Crippen LogP contribution in [0.15, 0.2) is 10.6 Å². The van der Waals surface area contributed by atoms with Gasteiger partial charge in [0.1, 0.15) is 0 Å². The van der Waals surface area contributed by atoms with Gasteiger partial charge in [-0.05, 0) is 53.2 Å². The second-order valence-corrected chi connectivity index (χ2v) is 5.57. The summed E-state index contributed by atoms with van der Waals surface area (Å²) in [7, 11) is 4.13. The molecule has 0 N–H and O–H groups in total. The van der Waals surface area contributed by atoms with Gasteiger partial charge in [-0.15, -0.1) is 0 Å². The zero-order valence-electron chi connectivity index (χ0n) is 12.1. The molecule has 106 valence electrons. The smallest absolute Gasteiger partial charge is 0.292 e. The van der Waals surface area contributed by atoms with Gasteiger partial charge in [0.05, 0.1) is 5.69 Å². The zero-order chi connectivity index (χ0) is 13.8. The summed E-state index contributed by atoms with van der Waals surface area (Å²) in [4.78, 5) is 16.6. The molecule has 1 aliphatic rings. The van der Waals surface area contributed by atoms with Crippen molar-refractivity contribution in [1.82, 2.24) is 15.0 Å². The minimum Gasteiger partial charge on any atom is -0.351 e. The van der Waals surface area contributed by atoms with E-state index in [0.29, 0.717) is 11.8 Å². The molecular formula is C14H23N3O2. The molecule has 1 saturated heterocycles. The van der Waals surface area contributed by atoms with Gasteiger partial charge in [-0.3, -0.25) is 4.79 Å². The average Bonchev–Trinajstić information content (AvgIpc) is 2.82. The Bertz CT molecular complexity index is 428. The minimum absolute atomic E-state index is 0.0101. The van der Waals surface area contributed by atoms with E-state index in [1.165, 1.54) is 6.42 Å². The highest BCUT2D eigenvalue weighted by atomic mass is 16.5. The van der Waals surface area contributed by atoms with Crippen LogP contribution in [0.1, 0.15) is 41.9 Å². The van der Waals surface area contributed by atoms with Crippen molar-refractivity contribution >= 4 is 5.91 Å². The highest BCUT2D eigenvalue weighted by Gasteiger charge is 2.29. The highest BCUT2D eigenvalue weighted by molar-refractivity contribution is 5.91. The predicted octanol–water partition coefficient (Wildman–Crippen LogP) is 1.93. The minimum atomic E-state index is -0.0101. The Labute approximate surface area is 114 Å². The van der Waals surface area contributed by atoms with Gasteiger partial charge >= 0.3 is 0 Å². The Morgan fingerprint density at radius 2 is 2.32 bits per heavy atom. The van der Waals surface area contributed by atoms with Crippen molar-refractivity contribution in [3.8, 4) is 0 Å². The van der Waals surface area contributed by atoms with Gasteiger partial charge in [0.2, 0.25) is 5.76 Å². The van der Waals surface area contributed by atoms with Gasteiger partial charge < -0.3 is 14.3 Å². The second kappa shape index (κ2) is 6.19. The highest BCUT2D eigenvalue weighted by Crippen LogP contribution is 2.22. The van der Waals surface area contributed by atoms with Crippen molar-refractivity contribution in [3.05, 3.63) is 17.5 Å². The van der Waals surface area contributed by atoms with Crippen LogP contribution >= 0.6 is 0 Å². The van der Waals surface area contributed by atoms with E-state index >= 15 is 0 Å². The molecule has 1 aliphatic heterocycles. The van der Waals surface area contributed by atoms with Crippen LogP contribution in [0.25, 0.3) is 0 Å². The lowest BCUT2D eigenvalue weighted by atomic mass is 9.98. The molecule has 0 radical (unpaired) electrons. The van der Waals surface area contributed by atoms with Crippen molar-refractivity contribution in [1.29, 1.82) is 0 Å². The molecule has 2 heterocycles. The van der Waals surface area contributed by atoms with Crippen molar-refractivity contribution in [2.24, 2.45) is 0 Å². The molecule has 1 atom stereocenters. The summed E-state index contributed by atoms with van der Waals surface area (Å²) < 4.78 is 5.10. The SMILES string of the molecule is Cc1cc(C(=O)N2CCCCC2CCN(C)C)on1. The Morgan fingerprint density at radius 3 is 2.95 bits per heavy atom. The first-order valence-corrected chi connectivity index (χ1v) is 6.97. The molecule has 1 amide bonds. The number of piperidine rings is 1. The first kappa shape index (κ1) is 14.1. The third-order valence-corrected chi connectivity index (χ3v) is 3.64. The van der Waals surface area contributed by atoms with Crippen LogP contribution in [-0.2, 0) is 0 Å². The van der Waals surface area contributed by atoms with Gasteiger partial charge in [-0.2, -0.15) is 0 Å². The first-order chi connectivity index (χ1) is 9.08. The van der Waals surface area contributed by atoms with E-state index in [9.17, 15) is 4.79 Å². The van der Waals surface area contributed by atoms with E-state index in [1.807, 2.05) is 11.8 Å². The Morgan fingerprint density at radius 1 is 1.53 bits per heavy atom. The van der Waals surface area contributed by atoms with E-state index in [2.05, 4.69) is 24.2 Å². The summed E-state index contributed by atoms with van der Waals surface area (Å²) in [5, 5.41) is 3.80. The van der Waals surface area contributed by atoms with Gasteiger partial charge in [0.25, 0.3) is 5.91 Å². The van der Waals surface area contributed by atoms with Gasteiger partial charge in [0.15, 0.2) is 0 Å². The fraction of sp³-hybridized carbons (Fsp3) is 0.714. The maximum Gasteiger partial charge on any atom is 0.292 e. The molecule has 0 saturated carbocycles. The molecule has 0 bridgehead atoms. The fourth-order valence-electron chi connectivity index (χ4n) is 2.58. The summed E-state index contributed by atoms with van der Waals surface area (Å²) in [6, 6.07) is 2.05. The zero-order valence-corrected chi connectivity index (χ0v) is 12.1. The molecule has 0 aliphatic carbocycles. The van der Waals surface area contributed by atoms with Crippen LogP contribution in [0, 0.1) is 6.92 Å². The van der Waals surface area contributed by atoms with Crippen molar-refractivity contribution in [2.45, 2.75) is 38.6 Å². The van der Waals surface area contributed by atoms with Crippen LogP contribution in [0.5, 0.6) is 0 Å². The quantitative estimate of drug-likeness (QED) is 0.834. The maximum atomic E-state index is 12.4. The molecule has 2 rings (SSSR count). The third kappa shape index (κ3) is 3.56. The summed E-state index contributed by atoms with van der Waals surface area (Å²) in [6.45, 7) is 3.67. The standard InChI is InChI=1S/C14H23N3O2/c1-11-10-13(19-15-11)14(18)17-8-5-4-6-12(17)7-9-16(2)3/h10,12H,4-9H2,1-3H3. The number of likely N-dealkylation sites (tertiary alicyclic amines) is 1. The molecular weight excluding hydrogens is 242 g/mol. The molecule has 1 aromatic heterocycles. The number of hydrogen-bond acceptors (Lipinski definition) is 4. The number of aromatic nitrogens is 1. The van der Waals surface area contributed by atoms with Crippen LogP contribution in [0.3, 0.4) is 0 Å². The number of rotatable bonds is 4. The van der Waals surface area contributed by atoms with E-state index < -0.39 is 0 Å². The van der Waals surface area contributed by atoms with E-state index in [1.54, 1.807) is 6.07 Å². The van der Waals surface area contributed by atoms with Gasteiger partial charge in [-0.1, -0.05) is 5.16 Å². The largest absolute Gasteiger partial charge is 0.351 e. The molecule has 5 nitrogen and oxygen atoms in total. The molecule has 5 heteroatoms. The normalized spacial score (nSPS) is 20.0. The Balaban J connectivity index is 2.04. The molecule has 0 spiro atoms. The topological polar surface area (TPSA) is 49.6 Å². The monoisotopic (exact) mass is 265 g/mol. The number of nitrogens with zero attached hydrogens (tertiary/aromatic N) is 3. The van der Waals surface area contributed by atoms with Gasteiger partial charge in [0, 0.05) is 18.7 Å². The molecule has 0 aromatic carbocycles. The van der Waals surface area contributed by atoms with Crippen molar-refractivity contribution < 1.29 is 9.32 Å². The fourth-order valence-corrected chi connectivity index (χ4v) is 2.58. The van der Waals surface area contributed by atoms with Crippen LogP contribution in [-0.4, -0.2) is 54.1 Å². The third-order valence-electron chi connectivity index (χ3n) is 3.64. The lowest BCUT2D eigenvalue weighted by molar-refractivity contribution is 0.0549. The van der Waals surface area contributed by atoms with E-state index in [-0.39, 0.29) is 5.91 Å². The maximum absolute atomic E-state index is 12.4. The Kier molecular flexibility index (Phi) is 4.58.